The molecule has 0 saturated carbocycles. The number of amides is 1. The third-order valence-corrected chi connectivity index (χ3v) is 5.19. The van der Waals surface area contributed by atoms with Gasteiger partial charge in [-0.3, -0.25) is 9.69 Å². The average Bonchev–Trinajstić information content (AvgIpc) is 2.81. The zero-order chi connectivity index (χ0) is 19.4. The van der Waals surface area contributed by atoms with E-state index in [-0.39, 0.29) is 11.5 Å². The molecule has 6 nitrogen and oxygen atoms in total. The van der Waals surface area contributed by atoms with Crippen LogP contribution in [0.3, 0.4) is 0 Å². The molecule has 1 aliphatic rings. The second-order valence-electron chi connectivity index (χ2n) is 7.48. The third kappa shape index (κ3) is 4.96. The molecule has 146 valence electrons. The van der Waals surface area contributed by atoms with Gasteiger partial charge in [-0.2, -0.15) is 0 Å². The first-order chi connectivity index (χ1) is 13.0. The van der Waals surface area contributed by atoms with Gasteiger partial charge in [-0.25, -0.2) is 4.79 Å². The average molecular weight is 371 g/mol. The van der Waals surface area contributed by atoms with Crippen molar-refractivity contribution in [2.75, 3.05) is 46.8 Å². The minimum atomic E-state index is -0.319. The molecule has 1 saturated heterocycles. The van der Waals surface area contributed by atoms with Gasteiger partial charge in [-0.15, -0.1) is 0 Å². The van der Waals surface area contributed by atoms with Crippen molar-refractivity contribution in [1.82, 2.24) is 14.7 Å². The number of likely N-dealkylation sites (N-methyl/N-ethyl adjacent to an activating group) is 1. The van der Waals surface area contributed by atoms with Crippen LogP contribution in [0.5, 0.6) is 0 Å². The van der Waals surface area contributed by atoms with Crippen LogP contribution in [0.25, 0.3) is 11.0 Å². The molecule has 1 aromatic heterocycles. The van der Waals surface area contributed by atoms with Crippen LogP contribution in [0.1, 0.15) is 24.5 Å². The van der Waals surface area contributed by atoms with Crippen LogP contribution in [0.2, 0.25) is 0 Å². The molecule has 0 bridgehead atoms. The lowest BCUT2D eigenvalue weighted by atomic mass is 10.1. The molecule has 0 N–H and O–H groups in total. The Morgan fingerprint density at radius 3 is 2.67 bits per heavy atom. The summed E-state index contributed by atoms with van der Waals surface area (Å²) in [5, 5.41) is 0.994. The highest BCUT2D eigenvalue weighted by Gasteiger charge is 2.21. The fourth-order valence-electron chi connectivity index (χ4n) is 3.49. The molecule has 1 amide bonds. The molecule has 2 aromatic rings. The molecule has 0 unspecified atom stereocenters. The maximum atomic E-state index is 12.4. The maximum Gasteiger partial charge on any atom is 0.336 e. The predicted molar refractivity (Wildman–Crippen MR) is 107 cm³/mol. The Labute approximate surface area is 160 Å². The smallest absolute Gasteiger partial charge is 0.336 e. The van der Waals surface area contributed by atoms with Gasteiger partial charge in [0.25, 0.3) is 0 Å². The van der Waals surface area contributed by atoms with Crippen molar-refractivity contribution in [2.45, 2.75) is 26.3 Å². The predicted octanol–water partition coefficient (Wildman–Crippen LogP) is 1.95. The number of fused-ring (bicyclic) bond motifs is 1. The Kier molecular flexibility index (Phi) is 6.29. The standard InChI is InChI=1S/C21H29N3O3/c1-4-16-5-6-19-18(13-16)17(14-21(26)27-19)15-23-8-7-20(25)24(12-10-23)11-9-22(2)3/h5-6,13-14H,4,7-12,15H2,1-3H3. The van der Waals surface area contributed by atoms with Gasteiger partial charge in [0.15, 0.2) is 0 Å². The summed E-state index contributed by atoms with van der Waals surface area (Å²) >= 11 is 0. The van der Waals surface area contributed by atoms with Gasteiger partial charge < -0.3 is 14.2 Å². The van der Waals surface area contributed by atoms with Crippen molar-refractivity contribution in [2.24, 2.45) is 0 Å². The lowest BCUT2D eigenvalue weighted by Gasteiger charge is -2.23. The molecule has 1 aromatic carbocycles. The molecule has 0 radical (unpaired) electrons. The van der Waals surface area contributed by atoms with Crippen LogP contribution in [-0.4, -0.2) is 67.4 Å². The Hall–Kier alpha value is -2.18. The number of benzene rings is 1. The Bertz CT molecular complexity index is 859. The van der Waals surface area contributed by atoms with Gasteiger partial charge in [0.1, 0.15) is 5.58 Å². The zero-order valence-electron chi connectivity index (χ0n) is 16.5. The molecule has 3 rings (SSSR count). The number of nitrogens with zero attached hydrogens (tertiary/aromatic N) is 3. The van der Waals surface area contributed by atoms with E-state index in [4.69, 9.17) is 4.42 Å². The summed E-state index contributed by atoms with van der Waals surface area (Å²) in [5.74, 6) is 0.213. The summed E-state index contributed by atoms with van der Waals surface area (Å²) < 4.78 is 5.36. The molecule has 27 heavy (non-hydrogen) atoms. The highest BCUT2D eigenvalue weighted by atomic mass is 16.4. The van der Waals surface area contributed by atoms with E-state index < -0.39 is 0 Å². The molecule has 0 aliphatic carbocycles. The van der Waals surface area contributed by atoms with Crippen LogP contribution in [0.15, 0.2) is 33.5 Å². The fourth-order valence-corrected chi connectivity index (χ4v) is 3.49. The molecule has 1 aliphatic heterocycles. The molecule has 0 atom stereocenters. The second-order valence-corrected chi connectivity index (χ2v) is 7.48. The van der Waals surface area contributed by atoms with Crippen LogP contribution >= 0.6 is 0 Å². The topological polar surface area (TPSA) is 57.0 Å². The first kappa shape index (κ1) is 19.6. The molecular formula is C21H29N3O3. The molecule has 1 fully saturated rings. The number of carbonyl (C=O) groups is 1. The summed E-state index contributed by atoms with van der Waals surface area (Å²) in [7, 11) is 4.04. The number of aryl methyl sites for hydroxylation is 1. The monoisotopic (exact) mass is 371 g/mol. The van der Waals surface area contributed by atoms with Gasteiger partial charge >= 0.3 is 5.63 Å². The van der Waals surface area contributed by atoms with Crippen molar-refractivity contribution in [3.8, 4) is 0 Å². The number of rotatable bonds is 6. The zero-order valence-corrected chi connectivity index (χ0v) is 16.5. The van der Waals surface area contributed by atoms with E-state index >= 15 is 0 Å². The van der Waals surface area contributed by atoms with Gasteiger partial charge in [0, 0.05) is 57.1 Å². The Morgan fingerprint density at radius 2 is 1.93 bits per heavy atom. The quantitative estimate of drug-likeness (QED) is 0.727. The van der Waals surface area contributed by atoms with Gasteiger partial charge in [-0.1, -0.05) is 13.0 Å². The largest absolute Gasteiger partial charge is 0.423 e. The van der Waals surface area contributed by atoms with E-state index in [2.05, 4.69) is 22.8 Å². The molecular weight excluding hydrogens is 342 g/mol. The van der Waals surface area contributed by atoms with Crippen molar-refractivity contribution >= 4 is 16.9 Å². The first-order valence-electron chi connectivity index (χ1n) is 9.67. The van der Waals surface area contributed by atoms with Crippen LogP contribution in [-0.2, 0) is 17.8 Å². The van der Waals surface area contributed by atoms with Crippen molar-refractivity contribution in [3.05, 3.63) is 45.8 Å². The van der Waals surface area contributed by atoms with Crippen molar-refractivity contribution in [3.63, 3.8) is 0 Å². The minimum absolute atomic E-state index is 0.213. The molecule has 2 heterocycles. The molecule has 0 spiro atoms. The fraction of sp³-hybridized carbons (Fsp3) is 0.524. The summed E-state index contributed by atoms with van der Waals surface area (Å²) in [4.78, 5) is 30.7. The van der Waals surface area contributed by atoms with E-state index in [9.17, 15) is 9.59 Å². The Balaban J connectivity index is 1.77. The van der Waals surface area contributed by atoms with Crippen LogP contribution in [0, 0.1) is 0 Å². The normalized spacial score (nSPS) is 16.3. The first-order valence-corrected chi connectivity index (χ1v) is 9.67. The van der Waals surface area contributed by atoms with E-state index in [1.165, 1.54) is 5.56 Å². The highest BCUT2D eigenvalue weighted by Crippen LogP contribution is 2.21. The SMILES string of the molecule is CCc1ccc2oc(=O)cc(CN3CCC(=O)N(CCN(C)C)CC3)c2c1. The van der Waals surface area contributed by atoms with E-state index in [0.717, 1.165) is 43.5 Å². The van der Waals surface area contributed by atoms with E-state index in [0.29, 0.717) is 25.1 Å². The number of carbonyl (C=O) groups excluding carboxylic acids is 1. The maximum absolute atomic E-state index is 12.4. The summed E-state index contributed by atoms with van der Waals surface area (Å²) in [6.45, 7) is 6.66. The number of hydrogen-bond acceptors (Lipinski definition) is 5. The van der Waals surface area contributed by atoms with Crippen molar-refractivity contribution < 1.29 is 9.21 Å². The highest BCUT2D eigenvalue weighted by molar-refractivity contribution is 5.81. The van der Waals surface area contributed by atoms with Gasteiger partial charge in [-0.05, 0) is 43.8 Å². The third-order valence-electron chi connectivity index (χ3n) is 5.19. The van der Waals surface area contributed by atoms with Crippen LogP contribution in [0.4, 0.5) is 0 Å². The van der Waals surface area contributed by atoms with Gasteiger partial charge in [0.05, 0.1) is 0 Å². The van der Waals surface area contributed by atoms with Crippen molar-refractivity contribution in [1.29, 1.82) is 0 Å². The lowest BCUT2D eigenvalue weighted by molar-refractivity contribution is -0.130. The lowest BCUT2D eigenvalue weighted by Crippen LogP contribution is -2.37. The second kappa shape index (κ2) is 8.67. The summed E-state index contributed by atoms with van der Waals surface area (Å²) in [5.41, 5.74) is 2.51. The van der Waals surface area contributed by atoms with Gasteiger partial charge in [0.2, 0.25) is 5.91 Å². The minimum Gasteiger partial charge on any atom is -0.423 e. The summed E-state index contributed by atoms with van der Waals surface area (Å²) in [6, 6.07) is 7.59. The summed E-state index contributed by atoms with van der Waals surface area (Å²) in [6.07, 6.45) is 1.46. The molecule has 6 heteroatoms. The van der Waals surface area contributed by atoms with E-state index in [1.54, 1.807) is 6.07 Å². The Morgan fingerprint density at radius 1 is 1.11 bits per heavy atom. The van der Waals surface area contributed by atoms with Crippen LogP contribution < -0.4 is 5.63 Å². The number of hydrogen-bond donors (Lipinski definition) is 0. The van der Waals surface area contributed by atoms with E-state index in [1.807, 2.05) is 31.1 Å².